The number of fused-ring (bicyclic) bond motifs is 4. The Morgan fingerprint density at radius 2 is 1.30 bits per heavy atom. The van der Waals surface area contributed by atoms with E-state index in [4.69, 9.17) is 14.9 Å². The van der Waals surface area contributed by atoms with Crippen molar-refractivity contribution in [3.8, 4) is 0 Å². The molecule has 2 aromatic rings. The van der Waals surface area contributed by atoms with Gasteiger partial charge in [-0.1, -0.05) is 48.5 Å². The van der Waals surface area contributed by atoms with Crippen molar-refractivity contribution >= 4 is 11.9 Å². The molecule has 2 N–H and O–H groups in total. The van der Waals surface area contributed by atoms with Crippen LogP contribution in [0.3, 0.4) is 0 Å². The SMILES string of the molecule is CN1[C@@H]2CC[C@H]1CC(OC1c3ccccc3CCc3ccccc31)C2.O=C(O)/C=C\C(=O)O. The number of piperidine rings is 1. The van der Waals surface area contributed by atoms with E-state index in [0.717, 1.165) is 24.9 Å². The van der Waals surface area contributed by atoms with Gasteiger partial charge in [-0.15, -0.1) is 0 Å². The highest BCUT2D eigenvalue weighted by Gasteiger charge is 2.40. The highest BCUT2D eigenvalue weighted by Crippen LogP contribution is 2.41. The van der Waals surface area contributed by atoms with Gasteiger partial charge in [0.15, 0.2) is 0 Å². The fraction of sp³-hybridized carbons (Fsp3) is 0.407. The molecule has 2 aromatic carbocycles. The maximum Gasteiger partial charge on any atom is 0.328 e. The van der Waals surface area contributed by atoms with Crippen LogP contribution in [0.4, 0.5) is 0 Å². The highest BCUT2D eigenvalue weighted by molar-refractivity contribution is 5.89. The van der Waals surface area contributed by atoms with E-state index < -0.39 is 11.9 Å². The molecule has 0 radical (unpaired) electrons. The van der Waals surface area contributed by atoms with Gasteiger partial charge in [0.05, 0.1) is 6.10 Å². The minimum absolute atomic E-state index is 0.0997. The van der Waals surface area contributed by atoms with Gasteiger partial charge in [-0.3, -0.25) is 0 Å². The van der Waals surface area contributed by atoms with Crippen LogP contribution in [0.25, 0.3) is 0 Å². The first kappa shape index (κ1) is 23.2. The molecule has 5 rings (SSSR count). The van der Waals surface area contributed by atoms with Crippen LogP contribution >= 0.6 is 0 Å². The molecule has 3 atom stereocenters. The first-order valence-electron chi connectivity index (χ1n) is 11.6. The minimum atomic E-state index is -1.26. The van der Waals surface area contributed by atoms with Gasteiger partial charge in [-0.25, -0.2) is 9.59 Å². The van der Waals surface area contributed by atoms with E-state index in [1.165, 1.54) is 47.9 Å². The molecule has 6 nitrogen and oxygen atoms in total. The summed E-state index contributed by atoms with van der Waals surface area (Å²) in [6.07, 6.45) is 8.90. The molecule has 33 heavy (non-hydrogen) atoms. The van der Waals surface area contributed by atoms with E-state index in [-0.39, 0.29) is 6.10 Å². The fourth-order valence-corrected chi connectivity index (χ4v) is 5.43. The molecular weight excluding hydrogens is 418 g/mol. The number of benzene rings is 2. The Kier molecular flexibility index (Phi) is 7.26. The quantitative estimate of drug-likeness (QED) is 0.680. The van der Waals surface area contributed by atoms with E-state index in [0.29, 0.717) is 18.3 Å². The van der Waals surface area contributed by atoms with Crippen molar-refractivity contribution in [2.75, 3.05) is 7.05 Å². The number of hydrogen-bond acceptors (Lipinski definition) is 4. The zero-order valence-corrected chi connectivity index (χ0v) is 18.9. The number of rotatable bonds is 4. The minimum Gasteiger partial charge on any atom is -0.478 e. The average molecular weight is 450 g/mol. The second-order valence-corrected chi connectivity index (χ2v) is 9.07. The standard InChI is InChI=1S/C23H27NO.C4H4O4/c1-24-18-12-13-19(24)15-20(14-18)25-23-21-8-4-2-6-16(21)10-11-17-7-3-5-9-22(17)23;5-3(6)1-2-4(7)8/h2-9,18-20,23H,10-15H2,1H3;1-2H,(H,5,6)(H,7,8)/b;2-1-/t18-,19+,20?;. The Balaban J connectivity index is 0.000000281. The van der Waals surface area contributed by atoms with Gasteiger partial charge in [0.25, 0.3) is 0 Å². The topological polar surface area (TPSA) is 87.1 Å². The number of ether oxygens (including phenoxy) is 1. The number of carboxylic acids is 2. The van der Waals surface area contributed by atoms with Crippen LogP contribution < -0.4 is 0 Å². The predicted octanol–water partition coefficient (Wildman–Crippen LogP) is 4.23. The maximum absolute atomic E-state index is 9.55. The van der Waals surface area contributed by atoms with Gasteiger partial charge in [0.2, 0.25) is 0 Å². The molecule has 2 aliphatic heterocycles. The third-order valence-electron chi connectivity index (χ3n) is 7.09. The van der Waals surface area contributed by atoms with Crippen LogP contribution in [0.15, 0.2) is 60.7 Å². The molecule has 0 aromatic heterocycles. The predicted molar refractivity (Wildman–Crippen MR) is 125 cm³/mol. The van der Waals surface area contributed by atoms with Gasteiger partial charge in [-0.05, 0) is 67.8 Å². The number of hydrogen-bond donors (Lipinski definition) is 2. The molecule has 2 saturated heterocycles. The van der Waals surface area contributed by atoms with Gasteiger partial charge in [-0.2, -0.15) is 0 Å². The Morgan fingerprint density at radius 3 is 1.76 bits per heavy atom. The molecular formula is C27H31NO5. The largest absolute Gasteiger partial charge is 0.478 e. The van der Waals surface area contributed by atoms with Gasteiger partial charge in [0, 0.05) is 24.2 Å². The molecule has 0 spiro atoms. The average Bonchev–Trinajstić information content (AvgIpc) is 2.97. The number of aryl methyl sites for hydroxylation is 2. The summed E-state index contributed by atoms with van der Waals surface area (Å²) in [5.74, 6) is -2.51. The highest BCUT2D eigenvalue weighted by atomic mass is 16.5. The molecule has 1 unspecified atom stereocenters. The lowest BCUT2D eigenvalue weighted by Crippen LogP contribution is -2.43. The second kappa shape index (κ2) is 10.3. The second-order valence-electron chi connectivity index (χ2n) is 9.07. The molecule has 174 valence electrons. The summed E-state index contributed by atoms with van der Waals surface area (Å²) in [4.78, 5) is 21.7. The van der Waals surface area contributed by atoms with Gasteiger partial charge in [0.1, 0.15) is 6.10 Å². The van der Waals surface area contributed by atoms with Crippen molar-refractivity contribution in [3.05, 3.63) is 82.9 Å². The molecule has 2 bridgehead atoms. The van der Waals surface area contributed by atoms with Crippen molar-refractivity contribution in [3.63, 3.8) is 0 Å². The fourth-order valence-electron chi connectivity index (χ4n) is 5.43. The van der Waals surface area contributed by atoms with Crippen molar-refractivity contribution in [1.29, 1.82) is 0 Å². The number of aliphatic carboxylic acids is 2. The molecule has 3 aliphatic rings. The molecule has 0 saturated carbocycles. The van der Waals surface area contributed by atoms with Crippen LogP contribution in [0.2, 0.25) is 0 Å². The third-order valence-corrected chi connectivity index (χ3v) is 7.09. The Labute approximate surface area is 194 Å². The molecule has 6 heteroatoms. The lowest BCUT2D eigenvalue weighted by Gasteiger charge is -2.38. The van der Waals surface area contributed by atoms with E-state index >= 15 is 0 Å². The number of carbonyl (C=O) groups is 2. The molecule has 0 amide bonds. The summed E-state index contributed by atoms with van der Waals surface area (Å²) in [5.41, 5.74) is 5.69. The zero-order valence-electron chi connectivity index (χ0n) is 18.9. The van der Waals surface area contributed by atoms with Crippen molar-refractivity contribution in [2.24, 2.45) is 0 Å². The van der Waals surface area contributed by atoms with Crippen LogP contribution in [-0.4, -0.2) is 52.3 Å². The monoisotopic (exact) mass is 449 g/mol. The Bertz CT molecular complexity index is 955. The molecule has 2 heterocycles. The normalized spacial score (nSPS) is 24.3. The lowest BCUT2D eigenvalue weighted by molar-refractivity contribution is -0.134. The summed E-state index contributed by atoms with van der Waals surface area (Å²) >= 11 is 0. The summed E-state index contributed by atoms with van der Waals surface area (Å²) in [7, 11) is 2.30. The van der Waals surface area contributed by atoms with Crippen molar-refractivity contribution in [1.82, 2.24) is 4.90 Å². The molecule has 1 aliphatic carbocycles. The first-order chi connectivity index (χ1) is 15.9. The van der Waals surface area contributed by atoms with E-state index in [1.54, 1.807) is 0 Å². The zero-order chi connectivity index (χ0) is 23.4. The van der Waals surface area contributed by atoms with Gasteiger partial charge < -0.3 is 19.8 Å². The van der Waals surface area contributed by atoms with Crippen LogP contribution in [0, 0.1) is 0 Å². The van der Waals surface area contributed by atoms with Crippen molar-refractivity contribution < 1.29 is 24.5 Å². The van der Waals surface area contributed by atoms with Crippen molar-refractivity contribution in [2.45, 2.75) is 62.8 Å². The van der Waals surface area contributed by atoms with Crippen LogP contribution in [0.1, 0.15) is 54.0 Å². The maximum atomic E-state index is 9.55. The van der Waals surface area contributed by atoms with E-state index in [1.807, 2.05) is 0 Å². The first-order valence-corrected chi connectivity index (χ1v) is 11.6. The number of nitrogens with zero attached hydrogens (tertiary/aromatic N) is 1. The summed E-state index contributed by atoms with van der Waals surface area (Å²) in [6.45, 7) is 0. The smallest absolute Gasteiger partial charge is 0.328 e. The summed E-state index contributed by atoms with van der Waals surface area (Å²) in [5, 5.41) is 15.6. The van der Waals surface area contributed by atoms with Crippen LogP contribution in [-0.2, 0) is 27.2 Å². The van der Waals surface area contributed by atoms with Crippen LogP contribution in [0.5, 0.6) is 0 Å². The van der Waals surface area contributed by atoms with Gasteiger partial charge >= 0.3 is 11.9 Å². The van der Waals surface area contributed by atoms with E-state index in [9.17, 15) is 9.59 Å². The third kappa shape index (κ3) is 5.52. The Morgan fingerprint density at radius 1 is 0.848 bits per heavy atom. The number of carboxylic acid groups (broad SMARTS) is 2. The Hall–Kier alpha value is -2.96. The van der Waals surface area contributed by atoms with E-state index in [2.05, 4.69) is 60.5 Å². The molecule has 2 fully saturated rings. The summed E-state index contributed by atoms with van der Waals surface area (Å²) in [6, 6.07) is 19.3. The summed E-state index contributed by atoms with van der Waals surface area (Å²) < 4.78 is 6.87. The lowest BCUT2D eigenvalue weighted by atomic mass is 9.95.